The first-order valence-corrected chi connectivity index (χ1v) is 7.20. The molecule has 0 amide bonds. The Bertz CT molecular complexity index is 542. The van der Waals surface area contributed by atoms with Gasteiger partial charge in [-0.3, -0.25) is 0 Å². The van der Waals surface area contributed by atoms with E-state index >= 15 is 0 Å². The first-order chi connectivity index (χ1) is 8.60. The molecule has 0 fully saturated rings. The average molecular weight is 329 g/mol. The third-order valence-corrected chi connectivity index (χ3v) is 4.37. The van der Waals surface area contributed by atoms with Crippen LogP contribution in [0.25, 0.3) is 0 Å². The molecule has 18 heavy (non-hydrogen) atoms. The van der Waals surface area contributed by atoms with Gasteiger partial charge in [-0.15, -0.1) is 11.3 Å². The van der Waals surface area contributed by atoms with Crippen LogP contribution < -0.4 is 10.6 Å². The highest BCUT2D eigenvalue weighted by Gasteiger charge is 2.09. The van der Waals surface area contributed by atoms with Gasteiger partial charge >= 0.3 is 0 Å². The Hall–Kier alpha value is -0.910. The summed E-state index contributed by atoms with van der Waals surface area (Å²) in [5, 5.41) is 2.05. The van der Waals surface area contributed by atoms with Crippen LogP contribution in [0.15, 0.2) is 34.1 Å². The van der Waals surface area contributed by atoms with Gasteiger partial charge in [0, 0.05) is 34.0 Å². The zero-order chi connectivity index (χ0) is 13.1. The van der Waals surface area contributed by atoms with Crippen LogP contribution in [0.4, 0.5) is 10.1 Å². The minimum Gasteiger partial charge on any atom is -0.369 e. The number of halogens is 2. The van der Waals surface area contributed by atoms with Crippen molar-refractivity contribution in [1.82, 2.24) is 0 Å². The summed E-state index contributed by atoms with van der Waals surface area (Å²) in [6.07, 6.45) is 0. The minimum absolute atomic E-state index is 0.244. The van der Waals surface area contributed by atoms with E-state index in [1.54, 1.807) is 17.4 Å². The number of benzene rings is 1. The van der Waals surface area contributed by atoms with Gasteiger partial charge in [0.15, 0.2) is 0 Å². The molecule has 0 spiro atoms. The van der Waals surface area contributed by atoms with Crippen molar-refractivity contribution in [2.75, 3.05) is 11.9 Å². The van der Waals surface area contributed by atoms with E-state index in [9.17, 15) is 4.39 Å². The molecule has 0 saturated heterocycles. The summed E-state index contributed by atoms with van der Waals surface area (Å²) in [6, 6.07) is 6.83. The lowest BCUT2D eigenvalue weighted by atomic mass is 10.1. The zero-order valence-electron chi connectivity index (χ0n) is 9.99. The Balaban J connectivity index is 2.20. The summed E-state index contributed by atoms with van der Waals surface area (Å²) >= 11 is 5.13. The van der Waals surface area contributed by atoms with E-state index in [-0.39, 0.29) is 5.82 Å². The van der Waals surface area contributed by atoms with E-state index in [1.807, 2.05) is 7.05 Å². The second-order valence-electron chi connectivity index (χ2n) is 4.06. The number of anilines is 1. The van der Waals surface area contributed by atoms with Crippen molar-refractivity contribution in [3.63, 3.8) is 0 Å². The Morgan fingerprint density at radius 2 is 2.17 bits per heavy atom. The Morgan fingerprint density at radius 1 is 1.39 bits per heavy atom. The van der Waals surface area contributed by atoms with E-state index in [2.05, 4.69) is 32.3 Å². The molecule has 5 heteroatoms. The van der Waals surface area contributed by atoms with Crippen LogP contribution in [0, 0.1) is 5.82 Å². The molecule has 0 bridgehead atoms. The van der Waals surface area contributed by atoms with Crippen LogP contribution in [0.1, 0.15) is 10.4 Å². The predicted molar refractivity (Wildman–Crippen MR) is 78.4 cm³/mol. The largest absolute Gasteiger partial charge is 0.369 e. The van der Waals surface area contributed by atoms with Crippen molar-refractivity contribution in [1.29, 1.82) is 0 Å². The molecule has 1 aromatic carbocycles. The van der Waals surface area contributed by atoms with Gasteiger partial charge < -0.3 is 10.6 Å². The van der Waals surface area contributed by atoms with Gasteiger partial charge in [0.1, 0.15) is 5.82 Å². The molecule has 0 unspecified atom stereocenters. The molecular weight excluding hydrogens is 315 g/mol. The van der Waals surface area contributed by atoms with Gasteiger partial charge in [-0.05, 0) is 45.8 Å². The van der Waals surface area contributed by atoms with Crippen LogP contribution in [0.3, 0.4) is 0 Å². The van der Waals surface area contributed by atoms with Crippen molar-refractivity contribution in [3.8, 4) is 0 Å². The maximum atomic E-state index is 13.1. The smallest absolute Gasteiger partial charge is 0.123 e. The maximum Gasteiger partial charge on any atom is 0.123 e. The van der Waals surface area contributed by atoms with Gasteiger partial charge in [0.05, 0.1) is 6.54 Å². The number of nitrogens with zero attached hydrogens (tertiary/aromatic N) is 1. The first-order valence-electron chi connectivity index (χ1n) is 5.52. The SMILES string of the molecule is CN(Cc1cc(Br)cs1)c1ccc(F)cc1CN. The zero-order valence-corrected chi connectivity index (χ0v) is 12.4. The number of nitrogens with two attached hydrogens (primary N) is 1. The number of rotatable bonds is 4. The molecule has 2 nitrogen and oxygen atoms in total. The van der Waals surface area contributed by atoms with E-state index in [4.69, 9.17) is 5.73 Å². The molecule has 96 valence electrons. The second-order valence-corrected chi connectivity index (χ2v) is 5.98. The molecule has 0 aliphatic rings. The van der Waals surface area contributed by atoms with E-state index in [0.29, 0.717) is 6.54 Å². The van der Waals surface area contributed by atoms with E-state index in [1.165, 1.54) is 17.0 Å². The lowest BCUT2D eigenvalue weighted by molar-refractivity contribution is 0.625. The average Bonchev–Trinajstić information content (AvgIpc) is 2.74. The monoisotopic (exact) mass is 328 g/mol. The summed E-state index contributed by atoms with van der Waals surface area (Å²) in [7, 11) is 1.99. The fourth-order valence-electron chi connectivity index (χ4n) is 1.85. The van der Waals surface area contributed by atoms with Gasteiger partial charge in [-0.1, -0.05) is 0 Å². The fraction of sp³-hybridized carbons (Fsp3) is 0.231. The highest BCUT2D eigenvalue weighted by Crippen LogP contribution is 2.25. The molecule has 2 N–H and O–H groups in total. The lowest BCUT2D eigenvalue weighted by Gasteiger charge is -2.21. The molecule has 0 aliphatic heterocycles. The number of hydrogen-bond donors (Lipinski definition) is 1. The minimum atomic E-state index is -0.244. The van der Waals surface area contributed by atoms with Crippen LogP contribution >= 0.6 is 27.3 Å². The third kappa shape index (κ3) is 3.10. The van der Waals surface area contributed by atoms with Crippen molar-refractivity contribution in [2.45, 2.75) is 13.1 Å². The molecule has 0 radical (unpaired) electrons. The molecule has 0 aliphatic carbocycles. The molecular formula is C13H14BrFN2S. The summed E-state index contributed by atoms with van der Waals surface area (Å²) < 4.78 is 14.2. The number of hydrogen-bond acceptors (Lipinski definition) is 3. The summed E-state index contributed by atoms with van der Waals surface area (Å²) in [6.45, 7) is 1.13. The molecule has 1 heterocycles. The predicted octanol–water partition coefficient (Wildman–Crippen LogP) is 3.74. The van der Waals surface area contributed by atoms with Crippen molar-refractivity contribution in [3.05, 3.63) is 50.4 Å². The Morgan fingerprint density at radius 3 is 2.78 bits per heavy atom. The van der Waals surface area contributed by atoms with Crippen molar-refractivity contribution < 1.29 is 4.39 Å². The highest BCUT2D eigenvalue weighted by molar-refractivity contribution is 9.10. The first kappa shape index (κ1) is 13.5. The quantitative estimate of drug-likeness (QED) is 0.926. The number of thiophene rings is 1. The van der Waals surface area contributed by atoms with Gasteiger partial charge in [0.2, 0.25) is 0 Å². The Labute approximate surface area is 118 Å². The third-order valence-electron chi connectivity index (χ3n) is 2.69. The van der Waals surface area contributed by atoms with Crippen molar-refractivity contribution in [2.24, 2.45) is 5.73 Å². The second kappa shape index (κ2) is 5.82. The van der Waals surface area contributed by atoms with Crippen LogP contribution in [0.2, 0.25) is 0 Å². The summed E-state index contributed by atoms with van der Waals surface area (Å²) in [5.74, 6) is -0.244. The molecule has 1 aromatic heterocycles. The lowest BCUT2D eigenvalue weighted by Crippen LogP contribution is -2.18. The maximum absolute atomic E-state index is 13.1. The van der Waals surface area contributed by atoms with Crippen molar-refractivity contribution >= 4 is 33.0 Å². The van der Waals surface area contributed by atoms with E-state index < -0.39 is 0 Å². The van der Waals surface area contributed by atoms with Gasteiger partial charge in [-0.2, -0.15) is 0 Å². The molecule has 0 saturated carbocycles. The normalized spacial score (nSPS) is 10.7. The molecule has 2 rings (SSSR count). The Kier molecular flexibility index (Phi) is 4.37. The molecule has 2 aromatic rings. The summed E-state index contributed by atoms with van der Waals surface area (Å²) in [5.41, 5.74) is 7.46. The topological polar surface area (TPSA) is 29.3 Å². The van der Waals surface area contributed by atoms with Gasteiger partial charge in [-0.25, -0.2) is 4.39 Å². The highest BCUT2D eigenvalue weighted by atomic mass is 79.9. The van der Waals surface area contributed by atoms with Crippen LogP contribution in [-0.4, -0.2) is 7.05 Å². The van der Waals surface area contributed by atoms with Crippen LogP contribution in [0.5, 0.6) is 0 Å². The molecule has 0 atom stereocenters. The fourth-order valence-corrected chi connectivity index (χ4v) is 3.35. The van der Waals surface area contributed by atoms with Gasteiger partial charge in [0.25, 0.3) is 0 Å². The summed E-state index contributed by atoms with van der Waals surface area (Å²) in [4.78, 5) is 3.33. The standard InChI is InChI=1S/C13H14BrFN2S/c1-17(7-12-5-10(14)8-18-12)13-3-2-11(15)4-9(13)6-16/h2-5,8H,6-7,16H2,1H3. The van der Waals surface area contributed by atoms with Crippen LogP contribution in [-0.2, 0) is 13.1 Å². The van der Waals surface area contributed by atoms with E-state index in [0.717, 1.165) is 22.3 Å².